The molecule has 0 heterocycles. The van der Waals surface area contributed by atoms with Crippen molar-refractivity contribution in [1.29, 1.82) is 0 Å². The van der Waals surface area contributed by atoms with E-state index < -0.39 is 0 Å². The highest BCUT2D eigenvalue weighted by Gasteiger charge is 2.15. The number of nitrogens with zero attached hydrogens (tertiary/aromatic N) is 1. The Bertz CT molecular complexity index is 742. The summed E-state index contributed by atoms with van der Waals surface area (Å²) in [4.78, 5) is 2.17. The van der Waals surface area contributed by atoms with Crippen LogP contribution in [0.25, 0.3) is 11.6 Å². The first-order valence-electron chi connectivity index (χ1n) is 8.30. The quantitative estimate of drug-likeness (QED) is 0.585. The molecule has 0 aliphatic heterocycles. The first kappa shape index (κ1) is 18.0. The smallest absolute Gasteiger partial charge is 0.125 e. The summed E-state index contributed by atoms with van der Waals surface area (Å²) in [6.07, 6.45) is 6.35. The Morgan fingerprint density at radius 2 is 1.79 bits per heavy atom. The van der Waals surface area contributed by atoms with Crippen LogP contribution >= 0.6 is 0 Å². The van der Waals surface area contributed by atoms with Crippen LogP contribution < -0.4 is 0 Å². The van der Waals surface area contributed by atoms with Crippen molar-refractivity contribution in [2.45, 2.75) is 26.8 Å². The molecule has 0 bridgehead atoms. The molecule has 2 aromatic rings. The molecule has 0 aliphatic carbocycles. The first-order valence-corrected chi connectivity index (χ1v) is 8.30. The van der Waals surface area contributed by atoms with Crippen LogP contribution in [0.4, 0.5) is 0 Å². The van der Waals surface area contributed by atoms with Gasteiger partial charge in [0.25, 0.3) is 0 Å². The van der Waals surface area contributed by atoms with Crippen LogP contribution in [0.5, 0.6) is 5.75 Å². The number of hydrogen-bond acceptors (Lipinski definition) is 2. The summed E-state index contributed by atoms with van der Waals surface area (Å²) in [5.74, 6) is 0.362. The van der Waals surface area contributed by atoms with Gasteiger partial charge in [0.15, 0.2) is 0 Å². The Balaban J connectivity index is 2.52. The van der Waals surface area contributed by atoms with E-state index in [-0.39, 0.29) is 6.04 Å². The van der Waals surface area contributed by atoms with Gasteiger partial charge in [-0.05, 0) is 63.2 Å². The summed E-state index contributed by atoms with van der Waals surface area (Å²) >= 11 is 0. The van der Waals surface area contributed by atoms with Crippen LogP contribution in [-0.4, -0.2) is 24.1 Å². The zero-order chi connectivity index (χ0) is 17.7. The van der Waals surface area contributed by atoms with Gasteiger partial charge in [-0.25, -0.2) is 0 Å². The monoisotopic (exact) mass is 321 g/mol. The number of phenols is 1. The third kappa shape index (κ3) is 4.15. The Morgan fingerprint density at radius 3 is 2.38 bits per heavy atom. The van der Waals surface area contributed by atoms with Crippen LogP contribution in [0.3, 0.4) is 0 Å². The second-order valence-corrected chi connectivity index (χ2v) is 6.41. The Labute approximate surface area is 145 Å². The number of likely N-dealkylation sites (N-methyl/N-ethyl adjacent to an activating group) is 1. The lowest BCUT2D eigenvalue weighted by atomic mass is 9.94. The van der Waals surface area contributed by atoms with Gasteiger partial charge in [0, 0.05) is 5.56 Å². The highest BCUT2D eigenvalue weighted by atomic mass is 16.3. The van der Waals surface area contributed by atoms with E-state index in [1.807, 2.05) is 39.0 Å². The summed E-state index contributed by atoms with van der Waals surface area (Å²) in [5.41, 5.74) is 5.17. The normalized spacial score (nSPS) is 13.7. The molecular formula is C22H27NO. The van der Waals surface area contributed by atoms with E-state index in [1.165, 1.54) is 5.56 Å². The molecule has 0 spiro atoms. The minimum Gasteiger partial charge on any atom is -0.507 e. The third-order valence-electron chi connectivity index (χ3n) is 4.20. The fourth-order valence-electron chi connectivity index (χ4n) is 2.92. The largest absolute Gasteiger partial charge is 0.507 e. The summed E-state index contributed by atoms with van der Waals surface area (Å²) in [5, 5.41) is 10.5. The van der Waals surface area contributed by atoms with Gasteiger partial charge in [-0.1, -0.05) is 54.6 Å². The molecule has 2 aromatic carbocycles. The van der Waals surface area contributed by atoms with Gasteiger partial charge in [-0.2, -0.15) is 0 Å². The lowest BCUT2D eigenvalue weighted by Crippen LogP contribution is -2.18. The molecule has 0 fully saturated rings. The van der Waals surface area contributed by atoms with E-state index >= 15 is 0 Å². The van der Waals surface area contributed by atoms with E-state index in [1.54, 1.807) is 0 Å². The number of aryl methyl sites for hydroxylation is 1. The molecule has 1 atom stereocenters. The van der Waals surface area contributed by atoms with Crippen molar-refractivity contribution in [3.05, 3.63) is 76.9 Å². The van der Waals surface area contributed by atoms with Gasteiger partial charge in [0.05, 0.1) is 6.04 Å². The number of rotatable bonds is 5. The second-order valence-electron chi connectivity index (χ2n) is 6.41. The average Bonchev–Trinajstić information content (AvgIpc) is 2.55. The van der Waals surface area contributed by atoms with Crippen LogP contribution in [-0.2, 0) is 0 Å². The second kappa shape index (κ2) is 7.98. The number of benzene rings is 2. The zero-order valence-electron chi connectivity index (χ0n) is 15.2. The maximum atomic E-state index is 10.5. The SMILES string of the molecule is CC=CC(c1cc(C)c(O)c(C(C)=Cc2ccccc2)c1)N(C)C. The van der Waals surface area contributed by atoms with E-state index in [4.69, 9.17) is 0 Å². The van der Waals surface area contributed by atoms with E-state index in [0.29, 0.717) is 5.75 Å². The average molecular weight is 321 g/mol. The van der Waals surface area contributed by atoms with Crippen molar-refractivity contribution in [2.75, 3.05) is 14.1 Å². The molecule has 0 aromatic heterocycles. The lowest BCUT2D eigenvalue weighted by Gasteiger charge is -2.23. The van der Waals surface area contributed by atoms with E-state index in [0.717, 1.165) is 22.3 Å². The Hall–Kier alpha value is -2.32. The molecule has 0 saturated heterocycles. The van der Waals surface area contributed by atoms with Crippen molar-refractivity contribution in [2.24, 2.45) is 0 Å². The molecular weight excluding hydrogens is 294 g/mol. The maximum Gasteiger partial charge on any atom is 0.125 e. The van der Waals surface area contributed by atoms with Crippen molar-refractivity contribution < 1.29 is 5.11 Å². The van der Waals surface area contributed by atoms with Gasteiger partial charge >= 0.3 is 0 Å². The molecule has 1 unspecified atom stereocenters. The standard InChI is InChI=1S/C22H27NO/c1-6-10-21(23(4)5)19-14-17(3)22(24)20(15-19)16(2)13-18-11-8-7-9-12-18/h6-15,21,24H,1-5H3. The van der Waals surface area contributed by atoms with Gasteiger partial charge in [0.2, 0.25) is 0 Å². The van der Waals surface area contributed by atoms with Crippen LogP contribution in [0.15, 0.2) is 54.6 Å². The Morgan fingerprint density at radius 1 is 1.12 bits per heavy atom. The summed E-state index contributed by atoms with van der Waals surface area (Å²) in [6, 6.07) is 14.6. The van der Waals surface area contributed by atoms with Gasteiger partial charge < -0.3 is 5.11 Å². The van der Waals surface area contributed by atoms with Crippen LogP contribution in [0, 0.1) is 6.92 Å². The molecule has 0 aliphatic rings. The molecule has 2 nitrogen and oxygen atoms in total. The highest BCUT2D eigenvalue weighted by molar-refractivity contribution is 5.83. The van der Waals surface area contributed by atoms with Crippen molar-refractivity contribution >= 4 is 11.6 Å². The molecule has 0 saturated carbocycles. The minimum absolute atomic E-state index is 0.192. The van der Waals surface area contributed by atoms with Gasteiger partial charge in [-0.3, -0.25) is 4.90 Å². The third-order valence-corrected chi connectivity index (χ3v) is 4.20. The summed E-state index contributed by atoms with van der Waals surface area (Å²) in [6.45, 7) is 6.04. The van der Waals surface area contributed by atoms with Crippen molar-refractivity contribution in [3.8, 4) is 5.75 Å². The predicted octanol–water partition coefficient (Wildman–Crippen LogP) is 5.44. The lowest BCUT2D eigenvalue weighted by molar-refractivity contribution is 0.350. The van der Waals surface area contributed by atoms with Crippen molar-refractivity contribution in [1.82, 2.24) is 4.90 Å². The van der Waals surface area contributed by atoms with E-state index in [9.17, 15) is 5.11 Å². The van der Waals surface area contributed by atoms with E-state index in [2.05, 4.69) is 61.5 Å². The van der Waals surface area contributed by atoms with Crippen LogP contribution in [0.1, 0.15) is 42.1 Å². The number of hydrogen-bond donors (Lipinski definition) is 1. The van der Waals surface area contributed by atoms with Gasteiger partial charge in [0.1, 0.15) is 5.75 Å². The number of aromatic hydroxyl groups is 1. The molecule has 2 heteroatoms. The molecule has 2 rings (SSSR count). The molecule has 0 amide bonds. The fourth-order valence-corrected chi connectivity index (χ4v) is 2.92. The van der Waals surface area contributed by atoms with Crippen LogP contribution in [0.2, 0.25) is 0 Å². The molecule has 24 heavy (non-hydrogen) atoms. The Kier molecular flexibility index (Phi) is 5.99. The number of allylic oxidation sites excluding steroid dienone is 2. The van der Waals surface area contributed by atoms with Gasteiger partial charge in [-0.15, -0.1) is 0 Å². The first-order chi connectivity index (χ1) is 11.4. The summed E-state index contributed by atoms with van der Waals surface area (Å²) < 4.78 is 0. The summed E-state index contributed by atoms with van der Waals surface area (Å²) in [7, 11) is 4.14. The molecule has 1 N–H and O–H groups in total. The van der Waals surface area contributed by atoms with Crippen molar-refractivity contribution in [3.63, 3.8) is 0 Å². The predicted molar refractivity (Wildman–Crippen MR) is 104 cm³/mol. The maximum absolute atomic E-state index is 10.5. The highest BCUT2D eigenvalue weighted by Crippen LogP contribution is 2.34. The minimum atomic E-state index is 0.192. The number of phenolic OH excluding ortho intramolecular Hbond substituents is 1. The topological polar surface area (TPSA) is 23.5 Å². The molecule has 0 radical (unpaired) electrons. The zero-order valence-corrected chi connectivity index (χ0v) is 15.2. The molecule has 126 valence electrons. The fraction of sp³-hybridized carbons (Fsp3) is 0.273.